The molecule has 0 bridgehead atoms. The van der Waals surface area contributed by atoms with Crippen molar-refractivity contribution in [2.45, 2.75) is 24.5 Å². The summed E-state index contributed by atoms with van der Waals surface area (Å²) in [6.45, 7) is 0.450. The van der Waals surface area contributed by atoms with E-state index in [1.165, 1.54) is 0 Å². The molecule has 36 heavy (non-hydrogen) atoms. The number of aliphatic hydroxyl groups is 1. The minimum absolute atomic E-state index is 0.0533. The molecule has 3 aromatic rings. The largest absolute Gasteiger partial charge is 0.494 e. The van der Waals surface area contributed by atoms with Crippen LogP contribution in [0.25, 0.3) is 10.4 Å². The van der Waals surface area contributed by atoms with Crippen LogP contribution in [0.15, 0.2) is 89.0 Å². The molecule has 10 heteroatoms. The number of carbonyl (C=O) groups excluding carboxylic acids is 1. The molecule has 1 aliphatic heterocycles. The summed E-state index contributed by atoms with van der Waals surface area (Å²) in [6, 6.07) is 23.4. The number of benzene rings is 3. The number of rotatable bonds is 10. The molecule has 2 atom stereocenters. The van der Waals surface area contributed by atoms with Crippen molar-refractivity contribution in [1.29, 1.82) is 0 Å². The Morgan fingerprint density at radius 2 is 1.86 bits per heavy atom. The number of azide groups is 1. The number of nitrogens with one attached hydrogen (secondary N) is 1. The average molecular weight is 487 g/mol. The van der Waals surface area contributed by atoms with Crippen LogP contribution in [-0.2, 0) is 16.0 Å². The number of aliphatic hydroxyl groups excluding tert-OH is 1. The smallest absolute Gasteiger partial charge is 0.266 e. The third-order valence-electron chi connectivity index (χ3n) is 5.87. The molecule has 4 rings (SSSR count). The number of nitrogens with two attached hydrogens (primary N) is 1. The summed E-state index contributed by atoms with van der Waals surface area (Å²) in [6.07, 6.45) is -0.182. The molecule has 1 aliphatic rings. The van der Waals surface area contributed by atoms with E-state index >= 15 is 0 Å². The lowest BCUT2D eigenvalue weighted by atomic mass is 9.81. The van der Waals surface area contributed by atoms with Crippen molar-refractivity contribution in [1.82, 2.24) is 5.43 Å². The second-order valence-electron chi connectivity index (χ2n) is 8.17. The van der Waals surface area contributed by atoms with Crippen molar-refractivity contribution in [2.24, 2.45) is 15.9 Å². The number of hydrogen-bond donors (Lipinski definition) is 3. The van der Waals surface area contributed by atoms with Crippen molar-refractivity contribution in [3.05, 3.63) is 106 Å². The number of amides is 1. The lowest BCUT2D eigenvalue weighted by molar-refractivity contribution is -0.129. The Kier molecular flexibility index (Phi) is 7.82. The molecule has 10 nitrogen and oxygen atoms in total. The van der Waals surface area contributed by atoms with Gasteiger partial charge < -0.3 is 14.6 Å². The zero-order valence-corrected chi connectivity index (χ0v) is 19.4. The topological polar surface area (TPSA) is 155 Å². The number of hydrazine groups is 1. The van der Waals surface area contributed by atoms with Gasteiger partial charge >= 0.3 is 0 Å². The zero-order valence-electron chi connectivity index (χ0n) is 19.4. The molecule has 0 unspecified atom stereocenters. The van der Waals surface area contributed by atoms with Crippen molar-refractivity contribution >= 4 is 17.5 Å². The average Bonchev–Trinajstić information content (AvgIpc) is 3.31. The van der Waals surface area contributed by atoms with Crippen LogP contribution in [0.5, 0.6) is 5.75 Å². The van der Waals surface area contributed by atoms with Crippen molar-refractivity contribution in [2.75, 3.05) is 13.2 Å². The summed E-state index contributed by atoms with van der Waals surface area (Å²) >= 11 is 0. The summed E-state index contributed by atoms with van der Waals surface area (Å²) in [4.78, 5) is 21.1. The monoisotopic (exact) mass is 486 g/mol. The van der Waals surface area contributed by atoms with Crippen LogP contribution < -0.4 is 16.0 Å². The second-order valence-corrected chi connectivity index (χ2v) is 8.17. The SMILES string of the molecule is [N-]=[N+]=Nc1ccccc1C[C@]1(C(=O)NN)N=C(c2ccc(OCCCO)cc2)O[C@H]1c1ccccc1. The summed E-state index contributed by atoms with van der Waals surface area (Å²) in [5, 5.41) is 12.7. The van der Waals surface area contributed by atoms with Crippen molar-refractivity contribution in [3.8, 4) is 5.75 Å². The molecular weight excluding hydrogens is 460 g/mol. The highest BCUT2D eigenvalue weighted by Crippen LogP contribution is 2.43. The third-order valence-corrected chi connectivity index (χ3v) is 5.87. The Morgan fingerprint density at radius 1 is 1.14 bits per heavy atom. The molecule has 184 valence electrons. The molecule has 1 amide bonds. The van der Waals surface area contributed by atoms with Crippen LogP contribution in [0.3, 0.4) is 0 Å². The molecule has 4 N–H and O–H groups in total. The quantitative estimate of drug-likeness (QED) is 0.0754. The van der Waals surface area contributed by atoms with Crippen LogP contribution >= 0.6 is 0 Å². The fourth-order valence-electron chi connectivity index (χ4n) is 4.13. The molecular formula is C26H26N6O4. The maximum absolute atomic E-state index is 13.4. The van der Waals surface area contributed by atoms with E-state index in [0.717, 1.165) is 5.56 Å². The van der Waals surface area contributed by atoms with E-state index in [2.05, 4.69) is 15.5 Å². The molecule has 0 saturated carbocycles. The Balaban J connectivity index is 1.78. The van der Waals surface area contributed by atoms with Crippen LogP contribution in [0.4, 0.5) is 5.69 Å². The molecule has 0 spiro atoms. The molecule has 0 radical (unpaired) electrons. The predicted molar refractivity (Wildman–Crippen MR) is 134 cm³/mol. The Hall–Kier alpha value is -4.37. The van der Waals surface area contributed by atoms with Gasteiger partial charge in [0.05, 0.1) is 6.61 Å². The van der Waals surface area contributed by atoms with Gasteiger partial charge in [0, 0.05) is 35.6 Å². The van der Waals surface area contributed by atoms with Gasteiger partial charge in [0.2, 0.25) is 5.90 Å². The van der Waals surface area contributed by atoms with Crippen LogP contribution in [0.2, 0.25) is 0 Å². The molecule has 0 aliphatic carbocycles. The Bertz CT molecular complexity index is 1280. The summed E-state index contributed by atoms with van der Waals surface area (Å²) < 4.78 is 11.9. The minimum Gasteiger partial charge on any atom is -0.494 e. The standard InChI is InChI=1S/C26H26N6O4/c27-30-25(34)26(17-20-9-4-5-10-22(20)31-32-28)23(18-7-2-1-3-8-18)36-24(29-26)19-11-13-21(14-12-19)35-16-6-15-33/h1-5,7-14,23,33H,6,15-17,27H2,(H,30,34)/t23-,26-/m0/s1. The lowest BCUT2D eigenvalue weighted by Gasteiger charge is -2.30. The third kappa shape index (κ3) is 5.16. The summed E-state index contributed by atoms with van der Waals surface area (Å²) in [7, 11) is 0. The van der Waals surface area contributed by atoms with Gasteiger partial charge in [-0.05, 0) is 40.9 Å². The zero-order chi connectivity index (χ0) is 25.4. The highest BCUT2D eigenvalue weighted by atomic mass is 16.5. The van der Waals surface area contributed by atoms with Crippen LogP contribution in [0, 0.1) is 0 Å². The number of ether oxygens (including phenoxy) is 2. The van der Waals surface area contributed by atoms with Gasteiger partial charge in [-0.15, -0.1) is 0 Å². The van der Waals surface area contributed by atoms with Gasteiger partial charge in [-0.3, -0.25) is 10.2 Å². The van der Waals surface area contributed by atoms with Gasteiger partial charge in [0.15, 0.2) is 11.6 Å². The van der Waals surface area contributed by atoms with E-state index in [4.69, 9.17) is 30.9 Å². The van der Waals surface area contributed by atoms with Gasteiger partial charge in [-0.2, -0.15) is 0 Å². The second kappa shape index (κ2) is 11.4. The van der Waals surface area contributed by atoms with E-state index in [1.807, 2.05) is 30.3 Å². The summed E-state index contributed by atoms with van der Waals surface area (Å²) in [5.41, 5.74) is 12.2. The summed E-state index contributed by atoms with van der Waals surface area (Å²) in [5.74, 6) is 6.03. The van der Waals surface area contributed by atoms with Crippen LogP contribution in [0.1, 0.15) is 29.2 Å². The minimum atomic E-state index is -1.47. The first-order valence-corrected chi connectivity index (χ1v) is 11.4. The van der Waals surface area contributed by atoms with Gasteiger partial charge in [0.1, 0.15) is 5.75 Å². The van der Waals surface area contributed by atoms with Gasteiger partial charge in [0.25, 0.3) is 5.91 Å². The van der Waals surface area contributed by atoms with E-state index in [9.17, 15) is 4.79 Å². The molecule has 0 fully saturated rings. The molecule has 1 heterocycles. The first-order chi connectivity index (χ1) is 17.6. The first-order valence-electron chi connectivity index (χ1n) is 11.4. The molecule has 3 aromatic carbocycles. The maximum Gasteiger partial charge on any atom is 0.266 e. The lowest BCUT2D eigenvalue weighted by Crippen LogP contribution is -2.52. The van der Waals surface area contributed by atoms with Crippen molar-refractivity contribution < 1.29 is 19.4 Å². The number of nitrogens with zero attached hydrogens (tertiary/aromatic N) is 4. The highest BCUT2D eigenvalue weighted by molar-refractivity contribution is 6.01. The highest BCUT2D eigenvalue weighted by Gasteiger charge is 2.53. The number of aliphatic imine (C=N–C) groups is 1. The van der Waals surface area contributed by atoms with Gasteiger partial charge in [-0.1, -0.05) is 59.7 Å². The first kappa shape index (κ1) is 24.7. The Labute approximate surface area is 208 Å². The molecule has 0 aromatic heterocycles. The normalized spacial score (nSPS) is 18.5. The van der Waals surface area contributed by atoms with Crippen molar-refractivity contribution in [3.63, 3.8) is 0 Å². The fraction of sp³-hybridized carbons (Fsp3) is 0.231. The van der Waals surface area contributed by atoms with E-state index in [1.54, 1.807) is 48.5 Å². The molecule has 0 saturated heterocycles. The predicted octanol–water partition coefficient (Wildman–Crippen LogP) is 3.88. The van der Waals surface area contributed by atoms with E-state index < -0.39 is 17.6 Å². The Morgan fingerprint density at radius 3 is 2.56 bits per heavy atom. The maximum atomic E-state index is 13.4. The van der Waals surface area contributed by atoms with E-state index in [0.29, 0.717) is 35.6 Å². The fourth-order valence-corrected chi connectivity index (χ4v) is 4.13. The number of carbonyl (C=O) groups is 1. The van der Waals surface area contributed by atoms with Gasteiger partial charge in [-0.25, -0.2) is 10.8 Å². The number of hydrogen-bond acceptors (Lipinski definition) is 7. The van der Waals surface area contributed by atoms with Crippen LogP contribution in [-0.4, -0.2) is 35.7 Å². The van der Waals surface area contributed by atoms with E-state index in [-0.39, 0.29) is 18.9 Å².